The number of hydrogen-bond donors (Lipinski definition) is 0. The number of benzene rings is 4. The van der Waals surface area contributed by atoms with Gasteiger partial charge in [0.25, 0.3) is 0 Å². The number of aromatic nitrogens is 3. The SMILES string of the molecule is O=C1C(=O)c2cc(C(F)(F)F)ccc2/C1=C/c1cc2c3nn(C(=O)OCc4ccccc4)nc3c3cc(/C=C4\C(=O)C(=O)c5cc(C(F)(F)F)ccc54)sc3c2s1. The molecule has 57 heavy (non-hydrogen) atoms. The van der Waals surface area contributed by atoms with Crippen LogP contribution in [0.25, 0.3) is 54.5 Å². The Labute approximate surface area is 322 Å². The normalized spacial score (nSPS) is 15.9. The number of thiophene rings is 2. The summed E-state index contributed by atoms with van der Waals surface area (Å²) in [7, 11) is 0. The molecule has 9 rings (SSSR count). The molecule has 4 aromatic carbocycles. The standard InChI is InChI=1S/C40H17F6N3O6S2/c41-39(42,43)18-6-8-22-24(10-18)32(50)34(52)26(22)12-20-14-28-30-31(48-49(47-30)38(54)55-16-17-4-2-1-3-5-17)29-15-21(57-37(29)36(28)56-20)13-27-23-9-7-19(40(44,45)46)11-25(23)33(51)35(27)53/h1-15H,16H2/b26-12-,27-13-. The van der Waals surface area contributed by atoms with Crippen LogP contribution < -0.4 is 0 Å². The number of hydrogen-bond acceptors (Lipinski definition) is 10. The van der Waals surface area contributed by atoms with Gasteiger partial charge in [0.1, 0.15) is 17.6 Å². The Morgan fingerprint density at radius 3 is 1.51 bits per heavy atom. The van der Waals surface area contributed by atoms with Crippen LogP contribution in [0.2, 0.25) is 0 Å². The van der Waals surface area contributed by atoms with Gasteiger partial charge in [-0.3, -0.25) is 19.2 Å². The summed E-state index contributed by atoms with van der Waals surface area (Å²) < 4.78 is 87.0. The molecule has 3 heterocycles. The summed E-state index contributed by atoms with van der Waals surface area (Å²) in [5, 5.41) is 9.74. The molecule has 9 nitrogen and oxygen atoms in total. The van der Waals surface area contributed by atoms with Crippen LogP contribution in [0.3, 0.4) is 0 Å². The number of fused-ring (bicyclic) bond motifs is 8. The minimum atomic E-state index is -4.74. The molecule has 0 unspecified atom stereocenters. The summed E-state index contributed by atoms with van der Waals surface area (Å²) >= 11 is 2.27. The van der Waals surface area contributed by atoms with Crippen molar-refractivity contribution in [3.63, 3.8) is 0 Å². The van der Waals surface area contributed by atoms with Gasteiger partial charge >= 0.3 is 18.4 Å². The van der Waals surface area contributed by atoms with Crippen LogP contribution in [-0.4, -0.2) is 44.2 Å². The van der Waals surface area contributed by atoms with Crippen molar-refractivity contribution in [2.45, 2.75) is 19.0 Å². The molecule has 17 heteroatoms. The van der Waals surface area contributed by atoms with E-state index in [2.05, 4.69) is 10.2 Å². The summed E-state index contributed by atoms with van der Waals surface area (Å²) in [4.78, 5) is 66.6. The fourth-order valence-electron chi connectivity index (χ4n) is 6.77. The maximum atomic E-state index is 13.4. The number of halogens is 6. The average molecular weight is 814 g/mol. The van der Waals surface area contributed by atoms with Crippen LogP contribution in [0.4, 0.5) is 31.1 Å². The van der Waals surface area contributed by atoms with E-state index in [9.17, 15) is 50.3 Å². The zero-order valence-corrected chi connectivity index (χ0v) is 29.9. The van der Waals surface area contributed by atoms with E-state index in [1.807, 2.05) is 0 Å². The number of ether oxygens (including phenoxy) is 1. The van der Waals surface area contributed by atoms with Gasteiger partial charge in [-0.1, -0.05) is 47.3 Å². The lowest BCUT2D eigenvalue weighted by atomic mass is 10.0. The first-order chi connectivity index (χ1) is 27.1. The molecule has 0 N–H and O–H groups in total. The Balaban J connectivity index is 1.19. The molecular formula is C40H17F6N3O6S2. The molecule has 3 aromatic heterocycles. The molecule has 0 radical (unpaired) electrons. The third-order valence-electron chi connectivity index (χ3n) is 9.44. The van der Waals surface area contributed by atoms with Crippen molar-refractivity contribution in [3.05, 3.63) is 128 Å². The molecule has 7 aromatic rings. The number of carbonyl (C=O) groups is 5. The van der Waals surface area contributed by atoms with Crippen LogP contribution in [0.15, 0.2) is 78.9 Å². The number of carbonyl (C=O) groups excluding carboxylic acids is 5. The Morgan fingerprint density at radius 2 is 1.07 bits per heavy atom. The van der Waals surface area contributed by atoms with E-state index in [-0.39, 0.29) is 51.0 Å². The van der Waals surface area contributed by atoms with Crippen molar-refractivity contribution < 1.29 is 55.1 Å². The second-order valence-corrected chi connectivity index (χ2v) is 15.1. The van der Waals surface area contributed by atoms with Gasteiger partial charge in [0.2, 0.25) is 23.1 Å². The number of Topliss-reactive ketones (excluding diaryl/α,β-unsaturated/α-hetero) is 4. The molecule has 282 valence electrons. The molecular weight excluding hydrogens is 797 g/mol. The highest BCUT2D eigenvalue weighted by Crippen LogP contribution is 2.45. The fourth-order valence-corrected chi connectivity index (χ4v) is 9.14. The van der Waals surface area contributed by atoms with Crippen LogP contribution in [0, 0.1) is 0 Å². The maximum Gasteiger partial charge on any atom is 0.452 e. The van der Waals surface area contributed by atoms with Crippen molar-refractivity contribution in [2.75, 3.05) is 0 Å². The number of rotatable bonds is 4. The Hall–Kier alpha value is -6.59. The van der Waals surface area contributed by atoms with E-state index in [4.69, 9.17) is 4.74 Å². The Bertz CT molecular complexity index is 2870. The second-order valence-electron chi connectivity index (χ2n) is 13.0. The largest absolute Gasteiger partial charge is 0.452 e. The molecule has 2 aliphatic carbocycles. The van der Waals surface area contributed by atoms with Gasteiger partial charge in [-0.15, -0.1) is 32.9 Å². The van der Waals surface area contributed by atoms with Gasteiger partial charge in [-0.25, -0.2) is 4.79 Å². The summed E-state index contributed by atoms with van der Waals surface area (Å²) in [6, 6.07) is 17.1. The summed E-state index contributed by atoms with van der Waals surface area (Å²) in [5.74, 6) is -4.16. The maximum absolute atomic E-state index is 13.4. The number of allylic oxidation sites excluding steroid dienone is 2. The van der Waals surface area contributed by atoms with Crippen LogP contribution in [-0.2, 0) is 33.3 Å². The first-order valence-corrected chi connectivity index (χ1v) is 18.2. The Morgan fingerprint density at radius 1 is 0.614 bits per heavy atom. The monoisotopic (exact) mass is 813 g/mol. The highest BCUT2D eigenvalue weighted by molar-refractivity contribution is 7.28. The zero-order valence-electron chi connectivity index (χ0n) is 28.2. The molecule has 0 saturated carbocycles. The molecule has 0 aliphatic heterocycles. The quantitative estimate of drug-likeness (QED) is 0.0978. The van der Waals surface area contributed by atoms with Crippen LogP contribution in [0.5, 0.6) is 0 Å². The van der Waals surface area contributed by atoms with Crippen molar-refractivity contribution >= 4 is 106 Å². The zero-order chi connectivity index (χ0) is 40.1. The predicted octanol–water partition coefficient (Wildman–Crippen LogP) is 9.70. The van der Waals surface area contributed by atoms with Crippen molar-refractivity contribution in [3.8, 4) is 0 Å². The van der Waals surface area contributed by atoms with Gasteiger partial charge in [0, 0.05) is 42.8 Å². The minimum absolute atomic E-state index is 0.0290. The predicted molar refractivity (Wildman–Crippen MR) is 198 cm³/mol. The van der Waals surface area contributed by atoms with Crippen molar-refractivity contribution in [1.82, 2.24) is 15.0 Å². The van der Waals surface area contributed by atoms with Gasteiger partial charge < -0.3 is 4.74 Å². The second kappa shape index (κ2) is 12.7. The number of nitrogens with zero attached hydrogens (tertiary/aromatic N) is 3. The molecule has 2 aliphatic rings. The van der Waals surface area contributed by atoms with Gasteiger partial charge in [0.05, 0.1) is 20.5 Å². The lowest BCUT2D eigenvalue weighted by molar-refractivity contribution is -0.138. The lowest BCUT2D eigenvalue weighted by Gasteiger charge is -2.07. The van der Waals surface area contributed by atoms with E-state index in [0.717, 1.165) is 51.7 Å². The topological polar surface area (TPSA) is 125 Å². The van der Waals surface area contributed by atoms with Gasteiger partial charge in [0.15, 0.2) is 0 Å². The lowest BCUT2D eigenvalue weighted by Crippen LogP contribution is -2.16. The molecule has 0 saturated heterocycles. The Kier molecular flexibility index (Phi) is 8.05. The number of ketones is 4. The molecule has 0 bridgehead atoms. The van der Waals surface area contributed by atoms with Gasteiger partial charge in [-0.2, -0.15) is 26.3 Å². The van der Waals surface area contributed by atoms with Crippen molar-refractivity contribution in [1.29, 1.82) is 0 Å². The summed E-state index contributed by atoms with van der Waals surface area (Å²) in [6.07, 6.45) is -7.64. The van der Waals surface area contributed by atoms with Gasteiger partial charge in [-0.05, 0) is 65.2 Å². The van der Waals surface area contributed by atoms with Crippen molar-refractivity contribution in [2.24, 2.45) is 0 Å². The first-order valence-electron chi connectivity index (χ1n) is 16.6. The van der Waals surface area contributed by atoms with Crippen LogP contribution >= 0.6 is 22.7 Å². The minimum Gasteiger partial charge on any atom is -0.442 e. The molecule has 0 spiro atoms. The third kappa shape index (κ3) is 5.97. The van der Waals surface area contributed by atoms with E-state index in [1.54, 1.807) is 42.5 Å². The molecule has 0 fully saturated rings. The smallest absolute Gasteiger partial charge is 0.442 e. The van der Waals surface area contributed by atoms with E-state index >= 15 is 0 Å². The molecule has 0 amide bonds. The fraction of sp³-hybridized carbons (Fsp3) is 0.0750. The van der Waals surface area contributed by atoms with E-state index in [0.29, 0.717) is 47.6 Å². The first kappa shape index (κ1) is 36.1. The summed E-state index contributed by atoms with van der Waals surface area (Å²) in [6.45, 7) is -0.0912. The average Bonchev–Trinajstić information content (AvgIpc) is 3.99. The number of alkyl halides is 6. The van der Waals surface area contributed by atoms with E-state index in [1.165, 1.54) is 12.2 Å². The summed E-state index contributed by atoms with van der Waals surface area (Å²) in [5.41, 5.74) is -1.97. The highest BCUT2D eigenvalue weighted by Gasteiger charge is 2.39. The highest BCUT2D eigenvalue weighted by atomic mass is 32.1. The third-order valence-corrected chi connectivity index (χ3v) is 11.8. The van der Waals surface area contributed by atoms with Crippen LogP contribution in [0.1, 0.15) is 58.3 Å². The molecule has 0 atom stereocenters. The van der Waals surface area contributed by atoms with E-state index < -0.39 is 52.7 Å².